The third-order valence-electron chi connectivity index (χ3n) is 3.37. The number of halogens is 1. The minimum Gasteiger partial charge on any atom is -0.481 e. The number of hydrogen-bond acceptors (Lipinski definition) is 3. The summed E-state index contributed by atoms with van der Waals surface area (Å²) in [4.78, 5) is 15.5. The molecule has 0 radical (unpaired) electrons. The second-order valence-corrected chi connectivity index (χ2v) is 6.06. The zero-order valence-electron chi connectivity index (χ0n) is 11.2. The zero-order valence-corrected chi connectivity index (χ0v) is 13.4. The van der Waals surface area contributed by atoms with E-state index >= 15 is 0 Å². The first-order valence-corrected chi connectivity index (χ1v) is 7.52. The molecule has 0 aliphatic rings. The fraction of sp³-hybridized carbons (Fsp3) is 0.125. The van der Waals surface area contributed by atoms with Crippen molar-refractivity contribution in [3.05, 3.63) is 51.6 Å². The average molecular weight is 393 g/mol. The van der Waals surface area contributed by atoms with E-state index in [4.69, 9.17) is 9.52 Å². The van der Waals surface area contributed by atoms with Crippen LogP contribution in [0.3, 0.4) is 0 Å². The van der Waals surface area contributed by atoms with Crippen molar-refractivity contribution >= 4 is 39.7 Å². The summed E-state index contributed by atoms with van der Waals surface area (Å²) in [6.07, 6.45) is 0. The Morgan fingerprint density at radius 1 is 1.24 bits per heavy atom. The Balaban J connectivity index is 2.04. The van der Waals surface area contributed by atoms with Gasteiger partial charge in [0.2, 0.25) is 5.89 Å². The SMILES string of the molecule is C[C@H](C(=O)O)c1ccc2oc(-c3ccc(I)cc3)nc2c1. The molecule has 0 bridgehead atoms. The van der Waals surface area contributed by atoms with E-state index in [0.29, 0.717) is 17.0 Å². The van der Waals surface area contributed by atoms with Gasteiger partial charge in [-0.05, 0) is 71.5 Å². The number of carboxylic acids is 1. The Bertz CT molecular complexity index is 808. The van der Waals surface area contributed by atoms with Crippen LogP contribution in [0, 0.1) is 3.57 Å². The molecule has 0 unspecified atom stereocenters. The summed E-state index contributed by atoms with van der Waals surface area (Å²) >= 11 is 2.24. The summed E-state index contributed by atoms with van der Waals surface area (Å²) in [5.41, 5.74) is 2.95. The van der Waals surface area contributed by atoms with Crippen LogP contribution in [0.15, 0.2) is 46.9 Å². The summed E-state index contributed by atoms with van der Waals surface area (Å²) in [7, 11) is 0. The number of fused-ring (bicyclic) bond motifs is 1. The molecule has 0 saturated carbocycles. The van der Waals surface area contributed by atoms with Crippen molar-refractivity contribution in [3.8, 4) is 11.5 Å². The molecule has 0 aliphatic heterocycles. The third-order valence-corrected chi connectivity index (χ3v) is 4.09. The number of aromatic nitrogens is 1. The Labute approximate surface area is 134 Å². The molecule has 106 valence electrons. The van der Waals surface area contributed by atoms with Crippen LogP contribution in [0.5, 0.6) is 0 Å². The van der Waals surface area contributed by atoms with Crippen LogP contribution in [0.2, 0.25) is 0 Å². The van der Waals surface area contributed by atoms with Gasteiger partial charge in [-0.25, -0.2) is 4.98 Å². The van der Waals surface area contributed by atoms with Gasteiger partial charge in [-0.15, -0.1) is 0 Å². The number of carboxylic acid groups (broad SMARTS) is 1. The van der Waals surface area contributed by atoms with E-state index < -0.39 is 11.9 Å². The topological polar surface area (TPSA) is 63.3 Å². The highest BCUT2D eigenvalue weighted by molar-refractivity contribution is 14.1. The van der Waals surface area contributed by atoms with Crippen molar-refractivity contribution in [3.63, 3.8) is 0 Å². The third kappa shape index (κ3) is 2.78. The van der Waals surface area contributed by atoms with Gasteiger partial charge in [0, 0.05) is 9.13 Å². The van der Waals surface area contributed by atoms with E-state index in [9.17, 15) is 4.79 Å². The summed E-state index contributed by atoms with van der Waals surface area (Å²) < 4.78 is 6.87. The van der Waals surface area contributed by atoms with E-state index in [2.05, 4.69) is 27.6 Å². The lowest BCUT2D eigenvalue weighted by atomic mass is 10.0. The summed E-state index contributed by atoms with van der Waals surface area (Å²) in [5, 5.41) is 9.07. The molecule has 1 heterocycles. The molecule has 1 N–H and O–H groups in total. The van der Waals surface area contributed by atoms with Crippen LogP contribution in [0.25, 0.3) is 22.6 Å². The maximum Gasteiger partial charge on any atom is 0.310 e. The number of benzene rings is 2. The van der Waals surface area contributed by atoms with Gasteiger partial charge in [-0.3, -0.25) is 4.79 Å². The minimum atomic E-state index is -0.851. The Morgan fingerprint density at radius 3 is 2.62 bits per heavy atom. The number of aliphatic carboxylic acids is 1. The fourth-order valence-corrected chi connectivity index (χ4v) is 2.43. The molecule has 3 rings (SSSR count). The second kappa shape index (κ2) is 5.48. The van der Waals surface area contributed by atoms with E-state index in [1.165, 1.54) is 0 Å². The molecule has 0 spiro atoms. The van der Waals surface area contributed by atoms with Gasteiger partial charge in [0.1, 0.15) is 5.52 Å². The van der Waals surface area contributed by atoms with Crippen molar-refractivity contribution in [2.45, 2.75) is 12.8 Å². The summed E-state index contributed by atoms with van der Waals surface area (Å²) in [5.74, 6) is -0.870. The summed E-state index contributed by atoms with van der Waals surface area (Å²) in [6, 6.07) is 13.2. The number of oxazole rings is 1. The Morgan fingerprint density at radius 2 is 1.95 bits per heavy atom. The number of carbonyl (C=O) groups is 1. The van der Waals surface area contributed by atoms with Gasteiger partial charge < -0.3 is 9.52 Å². The van der Waals surface area contributed by atoms with Gasteiger partial charge in [0.05, 0.1) is 5.92 Å². The molecular weight excluding hydrogens is 381 g/mol. The highest BCUT2D eigenvalue weighted by Crippen LogP contribution is 2.27. The van der Waals surface area contributed by atoms with Gasteiger partial charge in [-0.1, -0.05) is 6.07 Å². The molecule has 0 amide bonds. The molecule has 5 heteroatoms. The maximum atomic E-state index is 11.0. The van der Waals surface area contributed by atoms with Crippen LogP contribution >= 0.6 is 22.6 Å². The zero-order chi connectivity index (χ0) is 15.0. The predicted molar refractivity (Wildman–Crippen MR) is 88.2 cm³/mol. The van der Waals surface area contributed by atoms with Crippen molar-refractivity contribution in [1.29, 1.82) is 0 Å². The van der Waals surface area contributed by atoms with Crippen LogP contribution in [-0.4, -0.2) is 16.1 Å². The fourth-order valence-electron chi connectivity index (χ4n) is 2.07. The number of hydrogen-bond donors (Lipinski definition) is 1. The van der Waals surface area contributed by atoms with Crippen molar-refractivity contribution in [2.75, 3.05) is 0 Å². The summed E-state index contributed by atoms with van der Waals surface area (Å²) in [6.45, 7) is 1.66. The minimum absolute atomic E-state index is 0.543. The molecular formula is C16H12INO3. The lowest BCUT2D eigenvalue weighted by Gasteiger charge is -2.04. The van der Waals surface area contributed by atoms with Crippen LogP contribution in [0.1, 0.15) is 18.4 Å². The maximum absolute atomic E-state index is 11.0. The van der Waals surface area contributed by atoms with E-state index in [1.807, 2.05) is 24.3 Å². The van der Waals surface area contributed by atoms with Crippen molar-refractivity contribution < 1.29 is 14.3 Å². The van der Waals surface area contributed by atoms with E-state index in [0.717, 1.165) is 14.7 Å². The van der Waals surface area contributed by atoms with Crippen LogP contribution < -0.4 is 0 Å². The van der Waals surface area contributed by atoms with Gasteiger partial charge in [0.25, 0.3) is 0 Å². The molecule has 0 saturated heterocycles. The second-order valence-electron chi connectivity index (χ2n) is 4.81. The number of rotatable bonds is 3. The Hall–Kier alpha value is -1.89. The highest BCUT2D eigenvalue weighted by atomic mass is 127. The van der Waals surface area contributed by atoms with Gasteiger partial charge >= 0.3 is 5.97 Å². The quantitative estimate of drug-likeness (QED) is 0.675. The largest absolute Gasteiger partial charge is 0.481 e. The van der Waals surface area contributed by atoms with Gasteiger partial charge in [-0.2, -0.15) is 0 Å². The first-order chi connectivity index (χ1) is 10.0. The Kier molecular flexibility index (Phi) is 3.67. The van der Waals surface area contributed by atoms with E-state index in [-0.39, 0.29) is 0 Å². The van der Waals surface area contributed by atoms with Crippen LogP contribution in [-0.2, 0) is 4.79 Å². The first-order valence-electron chi connectivity index (χ1n) is 6.44. The average Bonchev–Trinajstić information content (AvgIpc) is 2.89. The van der Waals surface area contributed by atoms with Crippen LogP contribution in [0.4, 0.5) is 0 Å². The standard InChI is InChI=1S/C16H12INO3/c1-9(16(19)20)11-4-7-14-13(8-11)18-15(21-14)10-2-5-12(17)6-3-10/h2-9H,1H3,(H,19,20)/t9-/m0/s1. The van der Waals surface area contributed by atoms with Gasteiger partial charge in [0.15, 0.2) is 5.58 Å². The molecule has 3 aromatic rings. The smallest absolute Gasteiger partial charge is 0.310 e. The highest BCUT2D eigenvalue weighted by Gasteiger charge is 2.16. The molecule has 4 nitrogen and oxygen atoms in total. The normalized spacial score (nSPS) is 12.5. The lowest BCUT2D eigenvalue weighted by Crippen LogP contribution is -2.06. The molecule has 21 heavy (non-hydrogen) atoms. The van der Waals surface area contributed by atoms with E-state index in [1.54, 1.807) is 25.1 Å². The molecule has 0 fully saturated rings. The molecule has 2 aromatic carbocycles. The first kappa shape index (κ1) is 14.1. The predicted octanol–water partition coefficient (Wildman–Crippen LogP) is 4.29. The lowest BCUT2D eigenvalue weighted by molar-refractivity contribution is -0.138. The monoisotopic (exact) mass is 393 g/mol. The van der Waals surface area contributed by atoms with Crippen molar-refractivity contribution in [2.24, 2.45) is 0 Å². The molecule has 0 aliphatic carbocycles. The number of nitrogens with zero attached hydrogens (tertiary/aromatic N) is 1. The van der Waals surface area contributed by atoms with Crippen molar-refractivity contribution in [1.82, 2.24) is 4.98 Å². The molecule has 1 atom stereocenters. The molecule has 1 aromatic heterocycles.